The van der Waals surface area contributed by atoms with Crippen molar-refractivity contribution in [3.63, 3.8) is 0 Å². The van der Waals surface area contributed by atoms with E-state index in [-0.39, 0.29) is 11.3 Å². The van der Waals surface area contributed by atoms with Crippen LogP contribution in [-0.4, -0.2) is 23.4 Å². The maximum absolute atomic E-state index is 13.1. The number of aliphatic hydroxyl groups excluding tert-OH is 1. The van der Waals surface area contributed by atoms with Gasteiger partial charge in [-0.1, -0.05) is 35.4 Å². The number of hydrogen-bond acceptors (Lipinski definition) is 5. The number of benzene rings is 2. The molecule has 1 amide bonds. The molecule has 0 saturated carbocycles. The lowest BCUT2D eigenvalue weighted by Gasteiger charge is -2.24. The molecule has 1 aromatic heterocycles. The van der Waals surface area contributed by atoms with Gasteiger partial charge in [-0.05, 0) is 55.6 Å². The van der Waals surface area contributed by atoms with Gasteiger partial charge in [-0.15, -0.1) is 11.3 Å². The molecule has 2 aromatic carbocycles. The average molecular weight is 454 g/mol. The molecule has 1 N–H and O–H groups in total. The highest BCUT2D eigenvalue weighted by atomic mass is 35.5. The van der Waals surface area contributed by atoms with Crippen molar-refractivity contribution in [1.82, 2.24) is 0 Å². The zero-order valence-electron chi connectivity index (χ0n) is 17.0. The van der Waals surface area contributed by atoms with Crippen LogP contribution in [0.5, 0.6) is 5.75 Å². The van der Waals surface area contributed by atoms with Crippen molar-refractivity contribution in [2.75, 3.05) is 11.5 Å². The second-order valence-electron chi connectivity index (χ2n) is 7.10. The molecule has 1 saturated heterocycles. The Morgan fingerprint density at radius 3 is 2.55 bits per heavy atom. The number of hydrogen-bond donors (Lipinski definition) is 1. The molecule has 3 aromatic rings. The summed E-state index contributed by atoms with van der Waals surface area (Å²) in [5.74, 6) is -1.27. The number of aliphatic hydroxyl groups is 1. The zero-order chi connectivity index (χ0) is 22.1. The highest BCUT2D eigenvalue weighted by Gasteiger charge is 2.47. The largest absolute Gasteiger partial charge is 0.507 e. The van der Waals surface area contributed by atoms with E-state index in [9.17, 15) is 14.7 Å². The van der Waals surface area contributed by atoms with Crippen LogP contribution < -0.4 is 9.64 Å². The fourth-order valence-corrected chi connectivity index (χ4v) is 4.59. The van der Waals surface area contributed by atoms with Crippen molar-refractivity contribution in [3.8, 4) is 5.75 Å². The van der Waals surface area contributed by atoms with Crippen molar-refractivity contribution < 1.29 is 19.4 Å². The summed E-state index contributed by atoms with van der Waals surface area (Å²) in [6, 6.07) is 15.1. The topological polar surface area (TPSA) is 66.8 Å². The number of rotatable bonds is 5. The minimum Gasteiger partial charge on any atom is -0.507 e. The summed E-state index contributed by atoms with van der Waals surface area (Å²) in [5, 5.41) is 13.4. The van der Waals surface area contributed by atoms with Crippen molar-refractivity contribution in [1.29, 1.82) is 0 Å². The Kier molecular flexibility index (Phi) is 5.85. The lowest BCUT2D eigenvalue weighted by Crippen LogP contribution is -2.29. The molecular formula is C24H20ClNO4S. The Labute approximate surface area is 189 Å². The van der Waals surface area contributed by atoms with Crippen LogP contribution in [0, 0.1) is 6.92 Å². The van der Waals surface area contributed by atoms with Crippen molar-refractivity contribution in [3.05, 3.63) is 86.6 Å². The normalized spacial score (nSPS) is 17.9. The molecular weight excluding hydrogens is 434 g/mol. The van der Waals surface area contributed by atoms with E-state index in [0.717, 1.165) is 10.4 Å². The first-order chi connectivity index (χ1) is 14.9. The van der Waals surface area contributed by atoms with Gasteiger partial charge in [-0.25, -0.2) is 0 Å². The zero-order valence-corrected chi connectivity index (χ0v) is 18.5. The van der Waals surface area contributed by atoms with Gasteiger partial charge in [0.15, 0.2) is 0 Å². The van der Waals surface area contributed by atoms with Crippen molar-refractivity contribution in [2.24, 2.45) is 0 Å². The Bertz CT molecular complexity index is 1170. The molecule has 1 aliphatic heterocycles. The van der Waals surface area contributed by atoms with Gasteiger partial charge < -0.3 is 9.84 Å². The average Bonchev–Trinajstić information content (AvgIpc) is 3.37. The van der Waals surface area contributed by atoms with E-state index in [0.29, 0.717) is 28.6 Å². The van der Waals surface area contributed by atoms with Crippen LogP contribution in [0.15, 0.2) is 65.6 Å². The van der Waals surface area contributed by atoms with Gasteiger partial charge in [0.2, 0.25) is 0 Å². The highest BCUT2D eigenvalue weighted by Crippen LogP contribution is 2.44. The number of thiophene rings is 1. The van der Waals surface area contributed by atoms with Gasteiger partial charge in [0, 0.05) is 16.1 Å². The Hall–Kier alpha value is -3.09. The predicted octanol–water partition coefficient (Wildman–Crippen LogP) is 5.73. The molecule has 4 rings (SSSR count). The summed E-state index contributed by atoms with van der Waals surface area (Å²) in [6.07, 6.45) is 0. The number of nitrogens with zero attached hydrogens (tertiary/aromatic N) is 1. The lowest BCUT2D eigenvalue weighted by molar-refractivity contribution is -0.132. The Morgan fingerprint density at radius 2 is 1.90 bits per heavy atom. The van der Waals surface area contributed by atoms with E-state index in [1.54, 1.807) is 30.3 Å². The minimum absolute atomic E-state index is 0.0396. The molecule has 1 atom stereocenters. The third kappa shape index (κ3) is 3.84. The van der Waals surface area contributed by atoms with Gasteiger partial charge >= 0.3 is 0 Å². The first-order valence-electron chi connectivity index (χ1n) is 9.76. The summed E-state index contributed by atoms with van der Waals surface area (Å²) >= 11 is 7.59. The van der Waals surface area contributed by atoms with E-state index in [4.69, 9.17) is 16.3 Å². The first-order valence-corrected chi connectivity index (χ1v) is 11.0. The molecule has 1 fully saturated rings. The molecule has 0 bridgehead atoms. The van der Waals surface area contributed by atoms with Crippen LogP contribution >= 0.6 is 22.9 Å². The van der Waals surface area contributed by atoms with Crippen LogP contribution in [0.1, 0.15) is 29.0 Å². The summed E-state index contributed by atoms with van der Waals surface area (Å²) in [5.41, 5.74) is 2.03. The van der Waals surface area contributed by atoms with E-state index < -0.39 is 17.7 Å². The lowest BCUT2D eigenvalue weighted by atomic mass is 9.99. The maximum Gasteiger partial charge on any atom is 0.300 e. The number of halogens is 1. The molecule has 158 valence electrons. The molecule has 5 nitrogen and oxygen atoms in total. The minimum atomic E-state index is -0.732. The molecule has 1 unspecified atom stereocenters. The van der Waals surface area contributed by atoms with Crippen molar-refractivity contribution >= 4 is 46.1 Å². The van der Waals surface area contributed by atoms with Gasteiger partial charge in [0.25, 0.3) is 11.7 Å². The number of Topliss-reactive ketones (excluding diaryl/α,β-unsaturated/α-hetero) is 1. The molecule has 1 aliphatic rings. The second-order valence-corrected chi connectivity index (χ2v) is 8.48. The molecule has 0 aliphatic carbocycles. The number of ether oxygens (including phenoxy) is 1. The van der Waals surface area contributed by atoms with Gasteiger partial charge in [0.05, 0.1) is 17.2 Å². The fraction of sp³-hybridized carbons (Fsp3) is 0.167. The number of anilines is 1. The summed E-state index contributed by atoms with van der Waals surface area (Å²) < 4.78 is 5.51. The van der Waals surface area contributed by atoms with E-state index in [1.807, 2.05) is 43.5 Å². The molecule has 2 heterocycles. The smallest absolute Gasteiger partial charge is 0.300 e. The first kappa shape index (κ1) is 21.2. The summed E-state index contributed by atoms with van der Waals surface area (Å²) in [4.78, 5) is 28.4. The third-order valence-corrected chi connectivity index (χ3v) is 6.31. The highest BCUT2D eigenvalue weighted by molar-refractivity contribution is 7.10. The fourth-order valence-electron chi connectivity index (χ4n) is 3.59. The van der Waals surface area contributed by atoms with Crippen LogP contribution in [0.3, 0.4) is 0 Å². The third-order valence-electron chi connectivity index (χ3n) is 5.07. The van der Waals surface area contributed by atoms with Crippen LogP contribution in [0.2, 0.25) is 5.02 Å². The molecule has 7 heteroatoms. The van der Waals surface area contributed by atoms with Crippen LogP contribution in [-0.2, 0) is 9.59 Å². The van der Waals surface area contributed by atoms with Crippen LogP contribution in [0.25, 0.3) is 5.76 Å². The van der Waals surface area contributed by atoms with Crippen LogP contribution in [0.4, 0.5) is 5.69 Å². The SMILES string of the molecule is CCOc1cc(/C(O)=C2/C(=O)C(=O)N(c3ccc(C)cc3)C2c2cccs2)ccc1Cl. The summed E-state index contributed by atoms with van der Waals surface area (Å²) in [7, 11) is 0. The second kappa shape index (κ2) is 8.57. The number of carbonyl (C=O) groups is 2. The van der Waals surface area contributed by atoms with E-state index in [1.165, 1.54) is 16.2 Å². The number of ketones is 1. The Balaban J connectivity index is 1.89. The van der Waals surface area contributed by atoms with Gasteiger partial charge in [-0.2, -0.15) is 0 Å². The number of aryl methyl sites for hydroxylation is 1. The standard InChI is InChI=1S/C24H20ClNO4S/c1-3-30-18-13-15(8-11-17(18)25)22(27)20-21(19-5-4-12-31-19)26(24(29)23(20)28)16-9-6-14(2)7-10-16/h4-13,21,27H,3H2,1-2H3/b22-20-. The van der Waals surface area contributed by atoms with Gasteiger partial charge in [-0.3, -0.25) is 14.5 Å². The summed E-state index contributed by atoms with van der Waals surface area (Å²) in [6.45, 7) is 4.18. The maximum atomic E-state index is 13.1. The Morgan fingerprint density at radius 1 is 1.16 bits per heavy atom. The molecule has 0 spiro atoms. The van der Waals surface area contributed by atoms with Crippen molar-refractivity contribution in [2.45, 2.75) is 19.9 Å². The number of amides is 1. The van der Waals surface area contributed by atoms with Gasteiger partial charge in [0.1, 0.15) is 17.6 Å². The predicted molar refractivity (Wildman–Crippen MR) is 123 cm³/mol. The molecule has 31 heavy (non-hydrogen) atoms. The van der Waals surface area contributed by atoms with E-state index in [2.05, 4.69) is 0 Å². The number of carbonyl (C=O) groups excluding carboxylic acids is 2. The van der Waals surface area contributed by atoms with E-state index >= 15 is 0 Å². The monoisotopic (exact) mass is 453 g/mol. The molecule has 0 radical (unpaired) electrons. The quantitative estimate of drug-likeness (QED) is 0.304.